The van der Waals surface area contributed by atoms with Gasteiger partial charge in [0.2, 0.25) is 10.0 Å². The van der Waals surface area contributed by atoms with E-state index in [1.54, 1.807) is 15.6 Å². The van der Waals surface area contributed by atoms with Crippen LogP contribution in [0.1, 0.15) is 23.3 Å². The Labute approximate surface area is 142 Å². The number of sulfonamides is 1. The molecule has 7 heteroatoms. The normalized spacial score (nSPS) is 30.3. The molecule has 0 spiro atoms. The third-order valence-electron chi connectivity index (χ3n) is 5.21. The summed E-state index contributed by atoms with van der Waals surface area (Å²) >= 11 is 1.80. The van der Waals surface area contributed by atoms with Crippen LogP contribution in [0.4, 0.5) is 0 Å². The van der Waals surface area contributed by atoms with E-state index in [4.69, 9.17) is 4.74 Å². The Morgan fingerprint density at radius 3 is 2.83 bits per heavy atom. The smallest absolute Gasteiger partial charge is 0.217 e. The molecule has 3 heterocycles. The van der Waals surface area contributed by atoms with Crippen LogP contribution < -0.4 is 0 Å². The van der Waals surface area contributed by atoms with Crippen LogP contribution in [0.5, 0.6) is 0 Å². The molecule has 0 amide bonds. The van der Waals surface area contributed by atoms with Crippen molar-refractivity contribution in [2.24, 2.45) is 5.92 Å². The first-order valence-electron chi connectivity index (χ1n) is 8.40. The van der Waals surface area contributed by atoms with Crippen LogP contribution in [-0.4, -0.2) is 61.8 Å². The molecule has 3 aliphatic rings. The molecule has 0 unspecified atom stereocenters. The zero-order chi connectivity index (χ0) is 16.0. The summed E-state index contributed by atoms with van der Waals surface area (Å²) in [5.41, 5.74) is 1.35. The molecule has 128 valence electrons. The first kappa shape index (κ1) is 16.0. The maximum atomic E-state index is 12.5. The lowest BCUT2D eigenvalue weighted by Crippen LogP contribution is -2.39. The summed E-state index contributed by atoms with van der Waals surface area (Å²) in [6.45, 7) is 6.63. The molecule has 2 aliphatic heterocycles. The zero-order valence-electron chi connectivity index (χ0n) is 13.5. The van der Waals surface area contributed by atoms with Crippen LogP contribution in [0.25, 0.3) is 0 Å². The lowest BCUT2D eigenvalue weighted by atomic mass is 10.1. The van der Waals surface area contributed by atoms with E-state index < -0.39 is 10.0 Å². The molecule has 1 saturated carbocycles. The first-order chi connectivity index (χ1) is 11.0. The summed E-state index contributed by atoms with van der Waals surface area (Å²) < 4.78 is 32.8. The van der Waals surface area contributed by atoms with Crippen molar-refractivity contribution in [3.8, 4) is 0 Å². The van der Waals surface area contributed by atoms with Gasteiger partial charge in [-0.25, -0.2) is 8.42 Å². The van der Waals surface area contributed by atoms with Gasteiger partial charge >= 0.3 is 0 Å². The molecule has 0 bridgehead atoms. The predicted molar refractivity (Wildman–Crippen MR) is 91.1 cm³/mol. The molecule has 0 radical (unpaired) electrons. The van der Waals surface area contributed by atoms with Crippen molar-refractivity contribution < 1.29 is 13.2 Å². The summed E-state index contributed by atoms with van der Waals surface area (Å²) in [6, 6.07) is 2.16. The number of hydrogen-bond donors (Lipinski definition) is 0. The molecule has 5 nitrogen and oxygen atoms in total. The molecule has 0 aromatic carbocycles. The van der Waals surface area contributed by atoms with Gasteiger partial charge in [-0.3, -0.25) is 4.90 Å². The number of aryl methyl sites for hydroxylation is 1. The SMILES string of the molecule is Cc1ccsc1CN1C[C@@H]2CN(S(=O)(=O)C3CC3)CCO[C@@H]2C1. The lowest BCUT2D eigenvalue weighted by Gasteiger charge is -2.23. The van der Waals surface area contributed by atoms with Crippen molar-refractivity contribution in [3.63, 3.8) is 0 Å². The Bertz CT molecular complexity index is 669. The number of fused-ring (bicyclic) bond motifs is 1. The van der Waals surface area contributed by atoms with E-state index in [0.29, 0.717) is 25.6 Å². The molecular formula is C16H24N2O3S2. The minimum atomic E-state index is -3.09. The third kappa shape index (κ3) is 3.22. The van der Waals surface area contributed by atoms with Gasteiger partial charge in [-0.15, -0.1) is 11.3 Å². The fourth-order valence-electron chi connectivity index (χ4n) is 3.66. The van der Waals surface area contributed by atoms with Gasteiger partial charge in [-0.1, -0.05) is 0 Å². The van der Waals surface area contributed by atoms with Crippen LogP contribution in [0.15, 0.2) is 11.4 Å². The second-order valence-corrected chi connectivity index (χ2v) is 10.2. The van der Waals surface area contributed by atoms with E-state index >= 15 is 0 Å². The first-order valence-corrected chi connectivity index (χ1v) is 10.8. The second kappa shape index (κ2) is 6.11. The summed E-state index contributed by atoms with van der Waals surface area (Å²) in [5, 5.41) is 2.02. The molecule has 2 atom stereocenters. The van der Waals surface area contributed by atoms with Gasteiger partial charge in [-0.2, -0.15) is 4.31 Å². The van der Waals surface area contributed by atoms with Crippen LogP contribution in [-0.2, 0) is 21.3 Å². The zero-order valence-corrected chi connectivity index (χ0v) is 15.1. The highest BCUT2D eigenvalue weighted by Gasteiger charge is 2.44. The molecule has 23 heavy (non-hydrogen) atoms. The van der Waals surface area contributed by atoms with Gasteiger partial charge in [0.25, 0.3) is 0 Å². The maximum absolute atomic E-state index is 12.5. The monoisotopic (exact) mass is 356 g/mol. The Morgan fingerprint density at radius 1 is 1.30 bits per heavy atom. The highest BCUT2D eigenvalue weighted by atomic mass is 32.2. The van der Waals surface area contributed by atoms with Crippen molar-refractivity contribution in [1.29, 1.82) is 0 Å². The molecule has 1 aliphatic carbocycles. The molecule has 1 aromatic heterocycles. The van der Waals surface area contributed by atoms with Crippen molar-refractivity contribution in [2.45, 2.75) is 37.7 Å². The van der Waals surface area contributed by atoms with Crippen LogP contribution >= 0.6 is 11.3 Å². The number of nitrogens with zero attached hydrogens (tertiary/aromatic N) is 2. The maximum Gasteiger partial charge on any atom is 0.217 e. The topological polar surface area (TPSA) is 49.9 Å². The Kier molecular flexibility index (Phi) is 4.26. The number of rotatable bonds is 4. The Balaban J connectivity index is 1.43. The Hall–Kier alpha value is -0.470. The van der Waals surface area contributed by atoms with Gasteiger partial charge in [0.15, 0.2) is 0 Å². The fraction of sp³-hybridized carbons (Fsp3) is 0.750. The van der Waals surface area contributed by atoms with Crippen molar-refractivity contribution >= 4 is 21.4 Å². The number of ether oxygens (including phenoxy) is 1. The van der Waals surface area contributed by atoms with E-state index in [9.17, 15) is 8.42 Å². The highest BCUT2D eigenvalue weighted by molar-refractivity contribution is 7.90. The van der Waals surface area contributed by atoms with Crippen LogP contribution in [0.2, 0.25) is 0 Å². The van der Waals surface area contributed by atoms with Gasteiger partial charge in [-0.05, 0) is 36.8 Å². The van der Waals surface area contributed by atoms with Gasteiger partial charge in [0.1, 0.15) is 0 Å². The van der Waals surface area contributed by atoms with Crippen LogP contribution in [0, 0.1) is 12.8 Å². The number of likely N-dealkylation sites (tertiary alicyclic amines) is 1. The van der Waals surface area contributed by atoms with E-state index in [2.05, 4.69) is 23.3 Å². The van der Waals surface area contributed by atoms with Crippen LogP contribution in [0.3, 0.4) is 0 Å². The summed E-state index contributed by atoms with van der Waals surface area (Å²) in [6.07, 6.45) is 1.84. The van der Waals surface area contributed by atoms with Gasteiger partial charge in [0.05, 0.1) is 18.0 Å². The van der Waals surface area contributed by atoms with E-state index in [-0.39, 0.29) is 11.4 Å². The summed E-state index contributed by atoms with van der Waals surface area (Å²) in [4.78, 5) is 3.82. The van der Waals surface area contributed by atoms with Crippen molar-refractivity contribution in [2.75, 3.05) is 32.8 Å². The van der Waals surface area contributed by atoms with Crippen molar-refractivity contribution in [1.82, 2.24) is 9.21 Å². The second-order valence-electron chi connectivity index (χ2n) is 6.99. The van der Waals surface area contributed by atoms with Gasteiger partial charge < -0.3 is 4.74 Å². The van der Waals surface area contributed by atoms with E-state index in [1.165, 1.54) is 10.4 Å². The summed E-state index contributed by atoms with van der Waals surface area (Å²) in [5.74, 6) is 0.297. The fourth-order valence-corrected chi connectivity index (χ4v) is 6.49. The average molecular weight is 357 g/mol. The third-order valence-corrected chi connectivity index (χ3v) is 8.58. The van der Waals surface area contributed by atoms with Gasteiger partial charge in [0, 0.05) is 43.5 Å². The highest BCUT2D eigenvalue weighted by Crippen LogP contribution is 2.34. The average Bonchev–Trinajstić information content (AvgIpc) is 3.25. The Morgan fingerprint density at radius 2 is 2.13 bits per heavy atom. The standard InChI is InChI=1S/C16H24N2O3S2/c1-12-4-7-22-16(12)11-17-8-13-9-18(5-6-21-15(13)10-17)23(19,20)14-2-3-14/h4,7,13-15H,2-3,5-6,8-11H2,1H3/t13-,15-/m1/s1. The number of hydrogen-bond acceptors (Lipinski definition) is 5. The quantitative estimate of drug-likeness (QED) is 0.824. The van der Waals surface area contributed by atoms with E-state index in [0.717, 1.165) is 32.5 Å². The molecule has 3 fully saturated rings. The predicted octanol–water partition coefficient (Wildman–Crippen LogP) is 1.68. The summed E-state index contributed by atoms with van der Waals surface area (Å²) in [7, 11) is -3.09. The molecule has 2 saturated heterocycles. The molecule has 0 N–H and O–H groups in total. The lowest BCUT2D eigenvalue weighted by molar-refractivity contribution is 0.0519. The number of thiophene rings is 1. The molecule has 1 aromatic rings. The molecular weight excluding hydrogens is 332 g/mol. The molecule has 4 rings (SSSR count). The van der Waals surface area contributed by atoms with Crippen molar-refractivity contribution in [3.05, 3.63) is 21.9 Å². The largest absolute Gasteiger partial charge is 0.375 e. The minimum Gasteiger partial charge on any atom is -0.375 e. The van der Waals surface area contributed by atoms with E-state index in [1.807, 2.05) is 0 Å². The minimum absolute atomic E-state index is 0.120.